The molecular weight excluding hydrogens is 257 g/mol. The maximum absolute atomic E-state index is 10.4. The van der Waals surface area contributed by atoms with Crippen LogP contribution in [0.3, 0.4) is 0 Å². The lowest BCUT2D eigenvalue weighted by Gasteiger charge is -2.29. The maximum Gasteiger partial charge on any atom is 0.0940 e. The van der Waals surface area contributed by atoms with Crippen molar-refractivity contribution in [2.45, 2.75) is 45.2 Å². The van der Waals surface area contributed by atoms with E-state index < -0.39 is 38.2 Å². The Balaban J connectivity index is 0.00000625. The van der Waals surface area contributed by atoms with Crippen molar-refractivity contribution >= 4 is 24.0 Å². The largest absolute Gasteiger partial charge is 0.387 e. The van der Waals surface area contributed by atoms with Crippen LogP contribution >= 0.6 is 24.0 Å². The molecule has 98 valence electrons. The first-order chi connectivity index (χ1) is 11.0. The van der Waals surface area contributed by atoms with Crippen molar-refractivity contribution in [3.05, 3.63) is 34.9 Å². The van der Waals surface area contributed by atoms with Gasteiger partial charge < -0.3 is 10.4 Å². The highest BCUT2D eigenvalue weighted by Crippen LogP contribution is 2.21. The Morgan fingerprint density at radius 1 is 1.41 bits per heavy atom. The van der Waals surface area contributed by atoms with Crippen LogP contribution in [0, 0.1) is 0 Å². The van der Waals surface area contributed by atoms with E-state index in [1.165, 1.54) is 19.1 Å². The highest BCUT2D eigenvalue weighted by Gasteiger charge is 2.21. The minimum atomic E-state index is -3.38. The molecule has 2 N–H and O–H groups in total. The second-order valence-corrected chi connectivity index (χ2v) is 4.12. The van der Waals surface area contributed by atoms with Crippen LogP contribution in [0.15, 0.2) is 24.3 Å². The van der Waals surface area contributed by atoms with Crippen LogP contribution < -0.4 is 5.32 Å². The molecule has 0 bridgehead atoms. The molecule has 0 aliphatic carbocycles. The Morgan fingerprint density at radius 2 is 2.06 bits per heavy atom. The molecule has 2 nitrogen and oxygen atoms in total. The second-order valence-electron chi connectivity index (χ2n) is 3.68. The summed E-state index contributed by atoms with van der Waals surface area (Å²) >= 11 is 5.84. The Labute approximate surface area is 127 Å². The lowest BCUT2D eigenvalue weighted by molar-refractivity contribution is 0.121. The Hall–Kier alpha value is -0.280. The molecule has 0 spiro atoms. The minimum Gasteiger partial charge on any atom is -0.387 e. The van der Waals surface area contributed by atoms with Gasteiger partial charge in [-0.05, 0) is 45.2 Å². The van der Waals surface area contributed by atoms with Crippen molar-refractivity contribution in [1.29, 1.82) is 0 Å². The number of hydrogen-bond acceptors (Lipinski definition) is 2. The van der Waals surface area contributed by atoms with E-state index in [1.807, 2.05) is 0 Å². The van der Waals surface area contributed by atoms with E-state index in [0.29, 0.717) is 10.6 Å². The van der Waals surface area contributed by atoms with Crippen molar-refractivity contribution in [3.63, 3.8) is 0 Å². The molecule has 0 fully saturated rings. The average molecular weight is 287 g/mol. The molecule has 0 aliphatic heterocycles. The quantitative estimate of drug-likeness (QED) is 0.890. The Bertz CT molecular complexity index is 564. The number of halogens is 2. The van der Waals surface area contributed by atoms with Crippen molar-refractivity contribution in [3.8, 4) is 0 Å². The minimum absolute atomic E-state index is 0. The number of aliphatic hydroxyl groups excluding tert-OH is 1. The highest BCUT2D eigenvalue weighted by molar-refractivity contribution is 6.30. The summed E-state index contributed by atoms with van der Waals surface area (Å²) in [7, 11) is 0. The van der Waals surface area contributed by atoms with E-state index >= 15 is 0 Å². The third-order valence-electron chi connectivity index (χ3n) is 2.11. The van der Waals surface area contributed by atoms with E-state index in [-0.39, 0.29) is 12.4 Å². The average Bonchev–Trinajstić information content (AvgIpc) is 2.39. The van der Waals surface area contributed by atoms with Gasteiger partial charge in [-0.25, -0.2) is 0 Å². The van der Waals surface area contributed by atoms with Gasteiger partial charge in [0, 0.05) is 28.9 Å². The first kappa shape index (κ1) is 6.76. The van der Waals surface area contributed by atoms with Crippen LogP contribution in [-0.4, -0.2) is 16.7 Å². The molecule has 0 heterocycles. The van der Waals surface area contributed by atoms with Gasteiger partial charge in [-0.15, -0.1) is 12.4 Å². The zero-order chi connectivity index (χ0) is 19.8. The van der Waals surface area contributed by atoms with Crippen LogP contribution in [0.25, 0.3) is 0 Å². The van der Waals surface area contributed by atoms with Crippen molar-refractivity contribution in [2.75, 3.05) is 0 Å². The van der Waals surface area contributed by atoms with Gasteiger partial charge >= 0.3 is 0 Å². The maximum atomic E-state index is 10.4. The van der Waals surface area contributed by atoms with Gasteiger partial charge in [0.2, 0.25) is 0 Å². The molecule has 1 rings (SSSR count). The molecule has 1 aromatic rings. The second kappa shape index (κ2) is 6.60. The summed E-state index contributed by atoms with van der Waals surface area (Å²) in [6.07, 6.45) is -1.37. The Kier molecular flexibility index (Phi) is 2.62. The fourth-order valence-corrected chi connectivity index (χ4v) is 1.60. The predicted molar refractivity (Wildman–Crippen MR) is 76.0 cm³/mol. The molecule has 0 aliphatic rings. The summed E-state index contributed by atoms with van der Waals surface area (Å²) in [5.41, 5.74) is -2.91. The zero-order valence-corrected chi connectivity index (χ0v) is 10.8. The fourth-order valence-electron chi connectivity index (χ4n) is 1.40. The van der Waals surface area contributed by atoms with E-state index in [0.717, 1.165) is 0 Å². The number of aliphatic hydroxyl groups is 1. The van der Waals surface area contributed by atoms with Crippen molar-refractivity contribution < 1.29 is 17.4 Å². The number of rotatable bonds is 3. The van der Waals surface area contributed by atoms with Crippen molar-refractivity contribution in [2.24, 2.45) is 0 Å². The molecule has 0 unspecified atom stereocenters. The summed E-state index contributed by atoms with van der Waals surface area (Å²) < 4.78 is 68.1. The molecule has 17 heavy (non-hydrogen) atoms. The van der Waals surface area contributed by atoms with Crippen molar-refractivity contribution in [1.82, 2.24) is 5.32 Å². The molecule has 0 radical (unpaired) electrons. The molecule has 4 heteroatoms. The van der Waals surface area contributed by atoms with Gasteiger partial charge in [0.05, 0.1) is 6.10 Å². The predicted octanol–water partition coefficient (Wildman–Crippen LogP) is 3.57. The summed E-state index contributed by atoms with van der Waals surface area (Å²) in [5.74, 6) is 0. The monoisotopic (exact) mass is 286 g/mol. The molecule has 0 saturated heterocycles. The lowest BCUT2D eigenvalue weighted by Crippen LogP contribution is -2.44. The van der Waals surface area contributed by atoms with Gasteiger partial charge in [-0.3, -0.25) is 0 Å². The van der Waals surface area contributed by atoms with Crippen LogP contribution in [0.4, 0.5) is 0 Å². The first-order valence-electron chi connectivity index (χ1n) is 9.26. The van der Waals surface area contributed by atoms with Gasteiger partial charge in [0.1, 0.15) is 0 Å². The van der Waals surface area contributed by atoms with Crippen LogP contribution in [0.5, 0.6) is 0 Å². The first-order valence-corrected chi connectivity index (χ1v) is 5.13. The summed E-state index contributed by atoms with van der Waals surface area (Å²) in [6.45, 7) is -8.84. The molecule has 1 aromatic carbocycles. The standard InChI is InChI=1S/C13H20ClNO.ClH/c1-9(15-13(2,3)4)12(16)10-6-5-7-11(14)8-10;/h5-9,12,15-16H,1-4H3;1H/t9-,12+;/m0./s1/i2D3,3D3,4D3;. The normalized spacial score (nSPS) is 25.0. The van der Waals surface area contributed by atoms with Gasteiger partial charge in [0.25, 0.3) is 0 Å². The number of benzene rings is 1. The lowest BCUT2D eigenvalue weighted by atomic mass is 10.00. The number of hydrogen-bond donors (Lipinski definition) is 2. The number of nitrogens with one attached hydrogen (secondary N) is 1. The van der Waals surface area contributed by atoms with Gasteiger partial charge in [-0.1, -0.05) is 23.7 Å². The third-order valence-corrected chi connectivity index (χ3v) is 2.34. The van der Waals surface area contributed by atoms with E-state index in [4.69, 9.17) is 23.9 Å². The molecule has 0 saturated carbocycles. The zero-order valence-electron chi connectivity index (χ0n) is 18.2. The van der Waals surface area contributed by atoms with Crippen LogP contribution in [0.2, 0.25) is 5.02 Å². The summed E-state index contributed by atoms with van der Waals surface area (Å²) in [5, 5.41) is 12.9. The fraction of sp³-hybridized carbons (Fsp3) is 0.538. The van der Waals surface area contributed by atoms with E-state index in [2.05, 4.69) is 5.32 Å². The molecule has 2 atom stereocenters. The van der Waals surface area contributed by atoms with E-state index in [9.17, 15) is 5.11 Å². The SMILES string of the molecule is Cl.[2H]C([2H])([2H])C(N[C@@H](C)[C@@H](O)c1cccc(Cl)c1)(C([2H])([2H])[2H])C([2H])([2H])[2H]. The van der Waals surface area contributed by atoms with Crippen LogP contribution in [0.1, 0.15) is 51.5 Å². The summed E-state index contributed by atoms with van der Waals surface area (Å²) in [6, 6.07) is 4.86. The highest BCUT2D eigenvalue weighted by atomic mass is 35.5. The Morgan fingerprint density at radius 3 is 2.59 bits per heavy atom. The molecule has 0 amide bonds. The molecule has 0 aromatic heterocycles. The van der Waals surface area contributed by atoms with Gasteiger partial charge in [-0.2, -0.15) is 0 Å². The summed E-state index contributed by atoms with van der Waals surface area (Å²) in [4.78, 5) is 0. The third kappa shape index (κ3) is 5.73. The molecular formula is C13H21Cl2NO. The topological polar surface area (TPSA) is 32.3 Å². The van der Waals surface area contributed by atoms with Crippen LogP contribution in [-0.2, 0) is 0 Å². The van der Waals surface area contributed by atoms with E-state index in [1.54, 1.807) is 12.1 Å². The smallest absolute Gasteiger partial charge is 0.0940 e. The van der Waals surface area contributed by atoms with Gasteiger partial charge in [0.15, 0.2) is 0 Å².